The molecule has 1 aromatic heterocycles. The smallest absolute Gasteiger partial charge is 0.230 e. The highest BCUT2D eigenvalue weighted by atomic mass is 32.2. The van der Waals surface area contributed by atoms with Crippen LogP contribution in [0.1, 0.15) is 10.6 Å². The Hall–Kier alpha value is -2.78. The Morgan fingerprint density at radius 3 is 2.52 bits per heavy atom. The fraction of sp³-hybridized carbons (Fsp3) is 0.167. The Labute approximate surface area is 161 Å². The zero-order chi connectivity index (χ0) is 19.3. The molecule has 7 nitrogen and oxygen atoms in total. The van der Waals surface area contributed by atoms with E-state index >= 15 is 0 Å². The maximum Gasteiger partial charge on any atom is 0.230 e. The van der Waals surface area contributed by atoms with Gasteiger partial charge in [-0.2, -0.15) is 0 Å². The highest BCUT2D eigenvalue weighted by Crippen LogP contribution is 2.22. The summed E-state index contributed by atoms with van der Waals surface area (Å²) in [4.78, 5) is 12.4. The largest absolute Gasteiger partial charge is 0.496 e. The Bertz CT molecular complexity index is 1030. The molecular weight excluding hydrogens is 386 g/mol. The summed E-state index contributed by atoms with van der Waals surface area (Å²) in [5, 5.41) is 10.9. The SMILES string of the molecule is COc1ccccc1CC(=O)Nc1nnc(CS(=O)(=O)c2ccccc2)s1. The first-order chi connectivity index (χ1) is 13.0. The number of carbonyl (C=O) groups excluding carboxylic acids is 1. The fourth-order valence-corrected chi connectivity index (χ4v) is 4.80. The molecule has 1 heterocycles. The first-order valence-electron chi connectivity index (χ1n) is 8.00. The molecule has 2 aromatic carbocycles. The molecule has 0 aliphatic carbocycles. The lowest BCUT2D eigenvalue weighted by atomic mass is 10.1. The summed E-state index contributed by atoms with van der Waals surface area (Å²) in [6.07, 6.45) is 0.112. The maximum atomic E-state index is 12.4. The Balaban J connectivity index is 1.65. The summed E-state index contributed by atoms with van der Waals surface area (Å²) in [6, 6.07) is 15.4. The fourth-order valence-electron chi connectivity index (χ4n) is 2.42. The number of sulfone groups is 1. The summed E-state index contributed by atoms with van der Waals surface area (Å²) in [5.74, 6) is 0.0736. The number of rotatable bonds is 7. The minimum Gasteiger partial charge on any atom is -0.496 e. The van der Waals surface area contributed by atoms with Crippen molar-refractivity contribution < 1.29 is 17.9 Å². The van der Waals surface area contributed by atoms with Crippen LogP contribution in [0.5, 0.6) is 5.75 Å². The highest BCUT2D eigenvalue weighted by molar-refractivity contribution is 7.90. The average Bonchev–Trinajstić information content (AvgIpc) is 3.08. The molecular formula is C18H17N3O4S2. The van der Waals surface area contributed by atoms with Crippen LogP contribution in [0.2, 0.25) is 0 Å². The van der Waals surface area contributed by atoms with E-state index in [1.54, 1.807) is 37.4 Å². The Kier molecular flexibility index (Phi) is 5.82. The van der Waals surface area contributed by atoms with Crippen LogP contribution in [-0.2, 0) is 26.8 Å². The van der Waals surface area contributed by atoms with Crippen LogP contribution in [0.15, 0.2) is 59.5 Å². The zero-order valence-electron chi connectivity index (χ0n) is 14.5. The van der Waals surface area contributed by atoms with E-state index in [9.17, 15) is 13.2 Å². The molecule has 0 aliphatic rings. The van der Waals surface area contributed by atoms with Crippen molar-refractivity contribution in [2.45, 2.75) is 17.1 Å². The summed E-state index contributed by atoms with van der Waals surface area (Å²) in [6.45, 7) is 0. The monoisotopic (exact) mass is 403 g/mol. The van der Waals surface area contributed by atoms with Crippen molar-refractivity contribution in [1.29, 1.82) is 0 Å². The topological polar surface area (TPSA) is 98.2 Å². The maximum absolute atomic E-state index is 12.4. The van der Waals surface area contributed by atoms with Crippen molar-refractivity contribution in [1.82, 2.24) is 10.2 Å². The average molecular weight is 403 g/mol. The second-order valence-corrected chi connectivity index (χ2v) is 8.66. The van der Waals surface area contributed by atoms with Gasteiger partial charge >= 0.3 is 0 Å². The third-order valence-electron chi connectivity index (χ3n) is 3.67. The van der Waals surface area contributed by atoms with E-state index in [2.05, 4.69) is 15.5 Å². The van der Waals surface area contributed by atoms with Crippen molar-refractivity contribution in [3.8, 4) is 5.75 Å². The molecule has 3 aromatic rings. The van der Waals surface area contributed by atoms with E-state index in [1.807, 2.05) is 12.1 Å². The van der Waals surface area contributed by atoms with Crippen molar-refractivity contribution in [2.75, 3.05) is 12.4 Å². The summed E-state index contributed by atoms with van der Waals surface area (Å²) in [7, 11) is -1.96. The number of para-hydroxylation sites is 1. The molecule has 0 spiro atoms. The molecule has 3 rings (SSSR count). The number of carbonyl (C=O) groups is 1. The van der Waals surface area contributed by atoms with Gasteiger partial charge < -0.3 is 10.1 Å². The number of nitrogens with one attached hydrogen (secondary N) is 1. The van der Waals surface area contributed by atoms with E-state index in [0.717, 1.165) is 16.9 Å². The van der Waals surface area contributed by atoms with Crippen LogP contribution in [0.3, 0.4) is 0 Å². The second-order valence-electron chi connectivity index (χ2n) is 5.61. The van der Waals surface area contributed by atoms with E-state index < -0.39 is 9.84 Å². The number of hydrogen-bond donors (Lipinski definition) is 1. The molecule has 140 valence electrons. The second kappa shape index (κ2) is 8.28. The molecule has 0 fully saturated rings. The number of benzene rings is 2. The van der Waals surface area contributed by atoms with Gasteiger partial charge in [-0.25, -0.2) is 8.42 Å². The van der Waals surface area contributed by atoms with Crippen LogP contribution in [0.4, 0.5) is 5.13 Å². The van der Waals surface area contributed by atoms with Gasteiger partial charge in [-0.1, -0.05) is 47.7 Å². The van der Waals surface area contributed by atoms with Crippen molar-refractivity contribution in [3.05, 3.63) is 65.2 Å². The zero-order valence-corrected chi connectivity index (χ0v) is 16.1. The third kappa shape index (κ3) is 4.89. The predicted octanol–water partition coefficient (Wildman–Crippen LogP) is 2.70. The Morgan fingerprint density at radius 2 is 1.78 bits per heavy atom. The number of anilines is 1. The molecule has 0 saturated heterocycles. The van der Waals surface area contributed by atoms with Gasteiger partial charge in [0.2, 0.25) is 11.0 Å². The number of aromatic nitrogens is 2. The molecule has 0 aliphatic heterocycles. The van der Waals surface area contributed by atoms with Crippen LogP contribution in [0, 0.1) is 0 Å². The lowest BCUT2D eigenvalue weighted by Crippen LogP contribution is -2.14. The summed E-state index contributed by atoms with van der Waals surface area (Å²) >= 11 is 1.04. The molecule has 0 radical (unpaired) electrons. The number of methoxy groups -OCH3 is 1. The molecule has 0 unspecified atom stereocenters. The van der Waals surface area contributed by atoms with Gasteiger partial charge in [0, 0.05) is 5.56 Å². The van der Waals surface area contributed by atoms with Gasteiger partial charge in [0.05, 0.1) is 18.4 Å². The number of hydrogen-bond acceptors (Lipinski definition) is 7. The molecule has 27 heavy (non-hydrogen) atoms. The summed E-state index contributed by atoms with van der Waals surface area (Å²) < 4.78 is 30.0. The first-order valence-corrected chi connectivity index (χ1v) is 10.5. The van der Waals surface area contributed by atoms with Gasteiger partial charge in [-0.15, -0.1) is 10.2 Å². The van der Waals surface area contributed by atoms with E-state index in [-0.39, 0.29) is 28.1 Å². The quantitative estimate of drug-likeness (QED) is 0.651. The molecule has 0 saturated carbocycles. The van der Waals surface area contributed by atoms with E-state index in [0.29, 0.717) is 10.8 Å². The number of nitrogens with zero attached hydrogens (tertiary/aromatic N) is 2. The van der Waals surface area contributed by atoms with Crippen molar-refractivity contribution in [2.24, 2.45) is 0 Å². The van der Waals surface area contributed by atoms with Crippen LogP contribution in [0.25, 0.3) is 0 Å². The molecule has 9 heteroatoms. The number of ether oxygens (including phenoxy) is 1. The normalized spacial score (nSPS) is 11.1. The summed E-state index contributed by atoms with van der Waals surface area (Å²) in [5.41, 5.74) is 0.744. The van der Waals surface area contributed by atoms with Gasteiger partial charge in [0.1, 0.15) is 16.5 Å². The van der Waals surface area contributed by atoms with Gasteiger partial charge in [-0.05, 0) is 18.2 Å². The van der Waals surface area contributed by atoms with Crippen molar-refractivity contribution >= 4 is 32.2 Å². The first kappa shape index (κ1) is 19.0. The van der Waals surface area contributed by atoms with Gasteiger partial charge in [0.25, 0.3) is 0 Å². The van der Waals surface area contributed by atoms with E-state index in [1.165, 1.54) is 12.1 Å². The van der Waals surface area contributed by atoms with Gasteiger partial charge in [0.15, 0.2) is 9.84 Å². The molecule has 0 bridgehead atoms. The predicted molar refractivity (Wildman–Crippen MR) is 103 cm³/mol. The number of amides is 1. The Morgan fingerprint density at radius 1 is 1.07 bits per heavy atom. The minimum absolute atomic E-state index is 0.112. The van der Waals surface area contributed by atoms with Gasteiger partial charge in [-0.3, -0.25) is 4.79 Å². The lowest BCUT2D eigenvalue weighted by molar-refractivity contribution is -0.115. The van der Waals surface area contributed by atoms with Crippen LogP contribution >= 0.6 is 11.3 Å². The van der Waals surface area contributed by atoms with Crippen LogP contribution in [-0.4, -0.2) is 31.6 Å². The van der Waals surface area contributed by atoms with Crippen molar-refractivity contribution in [3.63, 3.8) is 0 Å². The molecule has 0 atom stereocenters. The molecule has 1 N–H and O–H groups in total. The van der Waals surface area contributed by atoms with E-state index in [4.69, 9.17) is 4.74 Å². The lowest BCUT2D eigenvalue weighted by Gasteiger charge is -2.07. The standard InChI is InChI=1S/C18H17N3O4S2/c1-25-15-10-6-5-7-13(15)11-16(22)19-18-21-20-17(26-18)12-27(23,24)14-8-3-2-4-9-14/h2-10H,11-12H2,1H3,(H,19,21,22). The third-order valence-corrected chi connectivity index (χ3v) is 6.34. The van der Waals surface area contributed by atoms with Crippen LogP contribution < -0.4 is 10.1 Å². The minimum atomic E-state index is -3.51. The molecule has 1 amide bonds. The highest BCUT2D eigenvalue weighted by Gasteiger charge is 2.19.